The van der Waals surface area contributed by atoms with E-state index in [0.717, 1.165) is 30.0 Å². The van der Waals surface area contributed by atoms with E-state index in [1.54, 1.807) is 6.08 Å². The Bertz CT molecular complexity index is 1350. The van der Waals surface area contributed by atoms with Crippen LogP contribution in [0.25, 0.3) is 0 Å². The second kappa shape index (κ2) is 14.6. The standard InChI is InChI=1S/C25H27F3N8O3S/c26-25(27,28)39-19-6-3-4-16(12-19)13-21(37)33-20(30)9-8-17(29)5-1-2-7-23-35-36-24(40-23)34-22(38)14-18-15-31-10-11-32-18/h3-4,6,8-12,15H,1-2,5,7,13-14,29-30H2,(H,33,37)(H,34,36,38)/b17-8-,20-9+. The fourth-order valence-electron chi connectivity index (χ4n) is 3.32. The quantitative estimate of drug-likeness (QED) is 0.176. The minimum atomic E-state index is -4.82. The highest BCUT2D eigenvalue weighted by Gasteiger charge is 2.31. The maximum Gasteiger partial charge on any atom is 0.573 e. The molecule has 0 aliphatic heterocycles. The summed E-state index contributed by atoms with van der Waals surface area (Å²) in [7, 11) is 0. The fourth-order valence-corrected chi connectivity index (χ4v) is 4.12. The van der Waals surface area contributed by atoms with E-state index in [4.69, 9.17) is 11.5 Å². The number of hydrogen-bond donors (Lipinski definition) is 4. The van der Waals surface area contributed by atoms with Gasteiger partial charge in [0.2, 0.25) is 16.9 Å². The normalized spacial score (nSPS) is 12.2. The second-order valence-corrected chi connectivity index (χ2v) is 9.48. The first kappa shape index (κ1) is 30.0. The van der Waals surface area contributed by atoms with E-state index in [9.17, 15) is 22.8 Å². The highest BCUT2D eigenvalue weighted by Crippen LogP contribution is 2.23. The summed E-state index contributed by atoms with van der Waals surface area (Å²) < 4.78 is 41.0. The summed E-state index contributed by atoms with van der Waals surface area (Å²) in [5, 5.41) is 14.4. The number of hydrogen-bond acceptors (Lipinski definition) is 10. The van der Waals surface area contributed by atoms with Gasteiger partial charge in [0.25, 0.3) is 0 Å². The van der Waals surface area contributed by atoms with Crippen molar-refractivity contribution in [3.8, 4) is 5.75 Å². The number of allylic oxidation sites excluding steroid dienone is 3. The average molecular weight is 577 g/mol. The molecule has 15 heteroatoms. The molecule has 0 unspecified atom stereocenters. The lowest BCUT2D eigenvalue weighted by Gasteiger charge is -2.10. The van der Waals surface area contributed by atoms with Crippen molar-refractivity contribution in [1.82, 2.24) is 25.5 Å². The Morgan fingerprint density at radius 1 is 1.05 bits per heavy atom. The number of anilines is 1. The third-order valence-corrected chi connectivity index (χ3v) is 5.93. The summed E-state index contributed by atoms with van der Waals surface area (Å²) in [6, 6.07) is 5.13. The molecule has 0 fully saturated rings. The number of ether oxygens (including phenoxy) is 1. The molecular formula is C25H27F3N8O3S. The first-order chi connectivity index (χ1) is 19.1. The van der Waals surface area contributed by atoms with Gasteiger partial charge in [0.15, 0.2) is 0 Å². The van der Waals surface area contributed by atoms with Crippen LogP contribution >= 0.6 is 11.3 Å². The van der Waals surface area contributed by atoms with Crippen molar-refractivity contribution in [3.63, 3.8) is 0 Å². The SMILES string of the molecule is N/C(=C\C=C(/N)NC(=O)Cc1cccc(OC(F)(F)F)c1)CCCCc1nnc(NC(=O)Cc2cnccn2)s1. The number of nitrogens with two attached hydrogens (primary N) is 2. The maximum atomic E-state index is 12.4. The topological polar surface area (TPSA) is 171 Å². The van der Waals surface area contributed by atoms with Crippen molar-refractivity contribution < 1.29 is 27.5 Å². The summed E-state index contributed by atoms with van der Waals surface area (Å²) in [5.74, 6) is -1.14. The highest BCUT2D eigenvalue weighted by atomic mass is 32.1. The number of unbranched alkanes of at least 4 members (excludes halogenated alkanes) is 1. The lowest BCUT2D eigenvalue weighted by molar-refractivity contribution is -0.274. The molecule has 40 heavy (non-hydrogen) atoms. The molecule has 11 nitrogen and oxygen atoms in total. The molecule has 0 aliphatic rings. The molecule has 3 rings (SSSR count). The van der Waals surface area contributed by atoms with Crippen LogP contribution in [0.2, 0.25) is 0 Å². The molecule has 0 atom stereocenters. The molecule has 0 aliphatic carbocycles. The molecule has 0 saturated carbocycles. The number of aromatic nitrogens is 4. The lowest BCUT2D eigenvalue weighted by atomic mass is 10.1. The molecule has 2 aromatic heterocycles. The number of aryl methyl sites for hydroxylation is 1. The van der Waals surface area contributed by atoms with Crippen LogP contribution in [-0.2, 0) is 28.9 Å². The number of benzene rings is 1. The van der Waals surface area contributed by atoms with Crippen molar-refractivity contribution >= 4 is 28.3 Å². The summed E-state index contributed by atoms with van der Waals surface area (Å²) in [5.41, 5.74) is 13.2. The third kappa shape index (κ3) is 11.5. The van der Waals surface area contributed by atoms with E-state index < -0.39 is 18.0 Å². The van der Waals surface area contributed by atoms with Gasteiger partial charge in [-0.05, 0) is 49.1 Å². The van der Waals surface area contributed by atoms with E-state index in [1.165, 1.54) is 48.1 Å². The minimum Gasteiger partial charge on any atom is -0.406 e. The molecule has 2 heterocycles. The fraction of sp³-hybridized carbons (Fsp3) is 0.280. The van der Waals surface area contributed by atoms with Crippen molar-refractivity contribution in [2.75, 3.05) is 5.32 Å². The Hall–Kier alpha value is -4.53. The Kier molecular flexibility index (Phi) is 10.9. The van der Waals surface area contributed by atoms with E-state index in [0.29, 0.717) is 34.9 Å². The van der Waals surface area contributed by atoms with E-state index in [1.807, 2.05) is 0 Å². The maximum absolute atomic E-state index is 12.4. The van der Waals surface area contributed by atoms with Crippen molar-refractivity contribution in [2.24, 2.45) is 11.5 Å². The van der Waals surface area contributed by atoms with Gasteiger partial charge in [0, 0.05) is 30.7 Å². The number of nitrogens with zero attached hydrogens (tertiary/aromatic N) is 4. The van der Waals surface area contributed by atoms with Gasteiger partial charge in [-0.1, -0.05) is 23.5 Å². The highest BCUT2D eigenvalue weighted by molar-refractivity contribution is 7.15. The second-order valence-electron chi connectivity index (χ2n) is 8.41. The Morgan fingerprint density at radius 2 is 1.88 bits per heavy atom. The van der Waals surface area contributed by atoms with Crippen LogP contribution in [0, 0.1) is 0 Å². The molecule has 0 spiro atoms. The third-order valence-electron chi connectivity index (χ3n) is 5.04. The van der Waals surface area contributed by atoms with Gasteiger partial charge in [-0.15, -0.1) is 23.4 Å². The van der Waals surface area contributed by atoms with Crippen LogP contribution in [0.3, 0.4) is 0 Å². The number of alkyl halides is 3. The number of carbonyl (C=O) groups excluding carboxylic acids is 2. The summed E-state index contributed by atoms with van der Waals surface area (Å²) in [6.07, 6.45) is 5.44. The Balaban J connectivity index is 1.35. The minimum absolute atomic E-state index is 0.0402. The van der Waals surface area contributed by atoms with Gasteiger partial charge in [0.1, 0.15) is 16.6 Å². The first-order valence-corrected chi connectivity index (χ1v) is 12.8. The number of nitrogens with one attached hydrogen (secondary N) is 2. The first-order valence-electron chi connectivity index (χ1n) is 12.0. The van der Waals surface area contributed by atoms with Crippen LogP contribution in [-0.4, -0.2) is 38.3 Å². The van der Waals surface area contributed by atoms with Gasteiger partial charge in [-0.25, -0.2) is 0 Å². The van der Waals surface area contributed by atoms with E-state index in [2.05, 4.69) is 35.5 Å². The summed E-state index contributed by atoms with van der Waals surface area (Å²) in [6.45, 7) is 0. The molecule has 0 radical (unpaired) electrons. The van der Waals surface area contributed by atoms with Crippen molar-refractivity contribution in [3.05, 3.63) is 82.8 Å². The van der Waals surface area contributed by atoms with Crippen LogP contribution in [0.5, 0.6) is 5.75 Å². The molecule has 212 valence electrons. The van der Waals surface area contributed by atoms with Crippen LogP contribution < -0.4 is 26.8 Å². The molecule has 2 amide bonds. The lowest BCUT2D eigenvalue weighted by Crippen LogP contribution is -2.28. The van der Waals surface area contributed by atoms with Crippen LogP contribution in [0.15, 0.2) is 66.5 Å². The number of rotatable bonds is 13. The van der Waals surface area contributed by atoms with E-state index >= 15 is 0 Å². The zero-order valence-electron chi connectivity index (χ0n) is 21.1. The van der Waals surface area contributed by atoms with Gasteiger partial charge >= 0.3 is 6.36 Å². The summed E-state index contributed by atoms with van der Waals surface area (Å²) in [4.78, 5) is 32.2. The Labute approximate surface area is 231 Å². The largest absolute Gasteiger partial charge is 0.573 e. The monoisotopic (exact) mass is 576 g/mol. The van der Waals surface area contributed by atoms with Gasteiger partial charge in [-0.2, -0.15) is 0 Å². The molecule has 0 bridgehead atoms. The molecular weight excluding hydrogens is 549 g/mol. The predicted octanol–water partition coefficient (Wildman–Crippen LogP) is 3.12. The van der Waals surface area contributed by atoms with E-state index in [-0.39, 0.29) is 24.6 Å². The zero-order valence-corrected chi connectivity index (χ0v) is 22.0. The molecule has 6 N–H and O–H groups in total. The van der Waals surface area contributed by atoms with Gasteiger partial charge in [0.05, 0.1) is 18.5 Å². The molecule has 0 saturated heterocycles. The Morgan fingerprint density at radius 3 is 2.62 bits per heavy atom. The smallest absolute Gasteiger partial charge is 0.406 e. The molecule has 1 aromatic carbocycles. The van der Waals surface area contributed by atoms with Crippen LogP contribution in [0.1, 0.15) is 35.5 Å². The number of halogens is 3. The predicted molar refractivity (Wildman–Crippen MR) is 141 cm³/mol. The van der Waals surface area contributed by atoms with Gasteiger partial charge in [-0.3, -0.25) is 19.6 Å². The van der Waals surface area contributed by atoms with Crippen LogP contribution in [0.4, 0.5) is 18.3 Å². The van der Waals surface area contributed by atoms with Crippen molar-refractivity contribution in [1.29, 1.82) is 0 Å². The zero-order chi connectivity index (χ0) is 29.0. The number of carbonyl (C=O) groups is 2. The van der Waals surface area contributed by atoms with Crippen molar-refractivity contribution in [2.45, 2.75) is 44.9 Å². The van der Waals surface area contributed by atoms with Gasteiger partial charge < -0.3 is 26.8 Å². The molecule has 3 aromatic rings. The average Bonchev–Trinajstić information content (AvgIpc) is 3.32. The summed E-state index contributed by atoms with van der Waals surface area (Å²) >= 11 is 1.29. The number of amides is 2.